The molecule has 31 heavy (non-hydrogen) atoms. The molecular weight excluding hydrogens is 406 g/mol. The van der Waals surface area contributed by atoms with Gasteiger partial charge >= 0.3 is 0 Å². The van der Waals surface area contributed by atoms with Crippen molar-refractivity contribution in [2.24, 2.45) is 4.99 Å². The first kappa shape index (κ1) is 23.6. The van der Waals surface area contributed by atoms with E-state index in [1.165, 1.54) is 12.1 Å². The van der Waals surface area contributed by atoms with Gasteiger partial charge in [0, 0.05) is 49.8 Å². The Hall–Kier alpha value is -2.09. The summed E-state index contributed by atoms with van der Waals surface area (Å²) in [5.41, 5.74) is 0.401. The first-order valence-corrected chi connectivity index (χ1v) is 12.3. The Balaban J connectivity index is 1.33. The SMILES string of the molecule is CCNC(=NCC(C)(O)c1cccs1)NCCCCN1CCN(c2ccccc2)CC1. The smallest absolute Gasteiger partial charge is 0.191 e. The number of nitrogens with one attached hydrogen (secondary N) is 2. The van der Waals surface area contributed by atoms with E-state index in [4.69, 9.17) is 0 Å². The van der Waals surface area contributed by atoms with Gasteiger partial charge in [-0.15, -0.1) is 11.3 Å². The molecular formula is C24H37N5OS. The van der Waals surface area contributed by atoms with Gasteiger partial charge < -0.3 is 20.6 Å². The van der Waals surface area contributed by atoms with Gasteiger partial charge in [0.1, 0.15) is 5.60 Å². The lowest BCUT2D eigenvalue weighted by Crippen LogP contribution is -2.46. The van der Waals surface area contributed by atoms with Crippen molar-refractivity contribution < 1.29 is 5.11 Å². The van der Waals surface area contributed by atoms with Gasteiger partial charge in [-0.1, -0.05) is 24.3 Å². The van der Waals surface area contributed by atoms with Gasteiger partial charge in [-0.3, -0.25) is 4.90 Å². The van der Waals surface area contributed by atoms with Gasteiger partial charge in [0.2, 0.25) is 0 Å². The van der Waals surface area contributed by atoms with Crippen LogP contribution in [0.3, 0.4) is 0 Å². The average Bonchev–Trinajstić information content (AvgIpc) is 3.34. The third kappa shape index (κ3) is 7.52. The van der Waals surface area contributed by atoms with E-state index in [-0.39, 0.29) is 0 Å². The highest BCUT2D eigenvalue weighted by Crippen LogP contribution is 2.25. The minimum Gasteiger partial charge on any atom is -0.383 e. The van der Waals surface area contributed by atoms with E-state index in [9.17, 15) is 5.11 Å². The minimum absolute atomic E-state index is 0.342. The molecule has 2 aromatic rings. The molecule has 1 atom stereocenters. The predicted octanol–water partition coefficient (Wildman–Crippen LogP) is 3.11. The molecule has 0 aliphatic carbocycles. The van der Waals surface area contributed by atoms with Crippen LogP contribution < -0.4 is 15.5 Å². The van der Waals surface area contributed by atoms with Gasteiger partial charge in [0.05, 0.1) is 6.54 Å². The molecule has 1 aromatic carbocycles. The molecule has 3 rings (SSSR count). The molecule has 170 valence electrons. The minimum atomic E-state index is -0.932. The molecule has 1 aromatic heterocycles. The maximum absolute atomic E-state index is 10.7. The Labute approximate surface area is 191 Å². The zero-order valence-electron chi connectivity index (χ0n) is 18.9. The summed E-state index contributed by atoms with van der Waals surface area (Å²) in [5, 5.41) is 19.3. The highest BCUT2D eigenvalue weighted by molar-refractivity contribution is 7.10. The number of anilines is 1. The van der Waals surface area contributed by atoms with Crippen molar-refractivity contribution >= 4 is 23.0 Å². The topological polar surface area (TPSA) is 63.1 Å². The molecule has 0 bridgehead atoms. The largest absolute Gasteiger partial charge is 0.383 e. The average molecular weight is 444 g/mol. The number of benzene rings is 1. The molecule has 0 saturated carbocycles. The van der Waals surface area contributed by atoms with E-state index in [0.29, 0.717) is 6.54 Å². The predicted molar refractivity (Wildman–Crippen MR) is 132 cm³/mol. The van der Waals surface area contributed by atoms with E-state index in [2.05, 4.69) is 62.7 Å². The maximum atomic E-state index is 10.7. The number of hydrogen-bond donors (Lipinski definition) is 3. The summed E-state index contributed by atoms with van der Waals surface area (Å²) in [6, 6.07) is 14.6. The molecule has 6 nitrogen and oxygen atoms in total. The second-order valence-electron chi connectivity index (χ2n) is 8.24. The number of rotatable bonds is 10. The summed E-state index contributed by atoms with van der Waals surface area (Å²) < 4.78 is 0. The number of para-hydroxylation sites is 1. The molecule has 1 saturated heterocycles. The number of unbranched alkanes of at least 4 members (excludes halogenated alkanes) is 1. The highest BCUT2D eigenvalue weighted by Gasteiger charge is 2.24. The van der Waals surface area contributed by atoms with Crippen LogP contribution in [-0.2, 0) is 5.60 Å². The third-order valence-corrected chi connectivity index (χ3v) is 6.75. The second-order valence-corrected chi connectivity index (χ2v) is 9.19. The first-order valence-electron chi connectivity index (χ1n) is 11.4. The van der Waals surface area contributed by atoms with Gasteiger partial charge in [0.15, 0.2) is 5.96 Å². The van der Waals surface area contributed by atoms with Crippen LogP contribution in [0.5, 0.6) is 0 Å². The molecule has 1 fully saturated rings. The fraction of sp³-hybridized carbons (Fsp3) is 0.542. The van der Waals surface area contributed by atoms with Gasteiger partial charge in [0.25, 0.3) is 0 Å². The molecule has 0 radical (unpaired) electrons. The van der Waals surface area contributed by atoms with Crippen LogP contribution in [0, 0.1) is 0 Å². The third-order valence-electron chi connectivity index (χ3n) is 5.63. The van der Waals surface area contributed by atoms with Crippen molar-refractivity contribution in [2.45, 2.75) is 32.3 Å². The Morgan fingerprint density at radius 1 is 1.06 bits per heavy atom. The van der Waals surface area contributed by atoms with Crippen molar-refractivity contribution in [3.05, 3.63) is 52.7 Å². The fourth-order valence-electron chi connectivity index (χ4n) is 3.77. The quantitative estimate of drug-likeness (QED) is 0.299. The van der Waals surface area contributed by atoms with Crippen molar-refractivity contribution in [3.63, 3.8) is 0 Å². The lowest BCUT2D eigenvalue weighted by atomic mass is 10.1. The van der Waals surface area contributed by atoms with Crippen molar-refractivity contribution in [1.82, 2.24) is 15.5 Å². The van der Waals surface area contributed by atoms with Crippen LogP contribution >= 0.6 is 11.3 Å². The summed E-state index contributed by atoms with van der Waals surface area (Å²) in [7, 11) is 0. The van der Waals surface area contributed by atoms with Crippen LogP contribution in [0.15, 0.2) is 52.8 Å². The van der Waals surface area contributed by atoms with E-state index in [0.717, 1.165) is 63.1 Å². The maximum Gasteiger partial charge on any atom is 0.191 e. The number of thiophene rings is 1. The van der Waals surface area contributed by atoms with E-state index in [1.54, 1.807) is 11.3 Å². The van der Waals surface area contributed by atoms with Crippen LogP contribution in [0.25, 0.3) is 0 Å². The molecule has 1 aliphatic rings. The zero-order chi connectivity index (χ0) is 21.9. The molecule has 2 heterocycles. The van der Waals surface area contributed by atoms with Gasteiger partial charge in [-0.25, -0.2) is 4.99 Å². The molecule has 0 amide bonds. The standard InChI is InChI=1S/C24H37N5OS/c1-3-25-23(27-20-24(2,30)22-12-9-19-31-22)26-13-7-8-14-28-15-17-29(18-16-28)21-10-5-4-6-11-21/h4-6,9-12,19,30H,3,7-8,13-18,20H2,1-2H3,(H2,25,26,27). The molecule has 7 heteroatoms. The number of piperazine rings is 1. The summed E-state index contributed by atoms with van der Waals surface area (Å²) in [6.07, 6.45) is 2.27. The van der Waals surface area contributed by atoms with E-state index in [1.807, 2.05) is 24.4 Å². The Bertz CT molecular complexity index is 771. The van der Waals surface area contributed by atoms with Crippen LogP contribution in [0.1, 0.15) is 31.6 Å². The number of guanidine groups is 1. The molecule has 3 N–H and O–H groups in total. The molecule has 1 unspecified atom stereocenters. The van der Waals surface area contributed by atoms with Crippen molar-refractivity contribution in [2.75, 3.05) is 57.3 Å². The van der Waals surface area contributed by atoms with Crippen molar-refractivity contribution in [1.29, 1.82) is 0 Å². The lowest BCUT2D eigenvalue weighted by Gasteiger charge is -2.36. The number of aliphatic imine (C=N–C) groups is 1. The van der Waals surface area contributed by atoms with Crippen molar-refractivity contribution in [3.8, 4) is 0 Å². The number of aliphatic hydroxyl groups is 1. The van der Waals surface area contributed by atoms with E-state index >= 15 is 0 Å². The molecule has 0 spiro atoms. The number of hydrogen-bond acceptors (Lipinski definition) is 5. The van der Waals surface area contributed by atoms with Gasteiger partial charge in [-0.05, 0) is 56.8 Å². The van der Waals surface area contributed by atoms with Gasteiger partial charge in [-0.2, -0.15) is 0 Å². The lowest BCUT2D eigenvalue weighted by molar-refractivity contribution is 0.0711. The summed E-state index contributed by atoms with van der Waals surface area (Å²) in [5.74, 6) is 0.774. The van der Waals surface area contributed by atoms with Crippen LogP contribution in [-0.4, -0.2) is 68.3 Å². The monoisotopic (exact) mass is 443 g/mol. The summed E-state index contributed by atoms with van der Waals surface area (Å²) in [4.78, 5) is 10.6. The summed E-state index contributed by atoms with van der Waals surface area (Å²) >= 11 is 1.56. The fourth-order valence-corrected chi connectivity index (χ4v) is 4.55. The van der Waals surface area contributed by atoms with E-state index < -0.39 is 5.60 Å². The zero-order valence-corrected chi connectivity index (χ0v) is 19.7. The second kappa shape index (κ2) is 12.1. The Morgan fingerprint density at radius 2 is 1.84 bits per heavy atom. The summed E-state index contributed by atoms with van der Waals surface area (Å²) in [6.45, 7) is 11.5. The first-order chi connectivity index (χ1) is 15.1. The van der Waals surface area contributed by atoms with Crippen LogP contribution in [0.2, 0.25) is 0 Å². The normalized spacial score (nSPS) is 17.4. The molecule has 1 aliphatic heterocycles. The number of nitrogens with zero attached hydrogens (tertiary/aromatic N) is 3. The highest BCUT2D eigenvalue weighted by atomic mass is 32.1. The van der Waals surface area contributed by atoms with Crippen LogP contribution in [0.4, 0.5) is 5.69 Å². The Kier molecular flexibility index (Phi) is 9.18. The Morgan fingerprint density at radius 3 is 2.52 bits per heavy atom.